The summed E-state index contributed by atoms with van der Waals surface area (Å²) in [6.45, 7) is 0.255. The third-order valence-corrected chi connectivity index (χ3v) is 3.48. The zero-order valence-corrected chi connectivity index (χ0v) is 13.4. The molecule has 0 bridgehead atoms. The molecule has 0 radical (unpaired) electrons. The molecule has 0 atom stereocenters. The van der Waals surface area contributed by atoms with Crippen molar-refractivity contribution in [1.82, 2.24) is 0 Å². The topological polar surface area (TPSA) is 35.5 Å². The molecule has 0 amide bonds. The highest BCUT2D eigenvalue weighted by Gasteiger charge is 2.14. The van der Waals surface area contributed by atoms with E-state index in [9.17, 15) is 4.79 Å². The van der Waals surface area contributed by atoms with Gasteiger partial charge in [-0.25, -0.2) is 4.79 Å². The molecule has 0 aliphatic heterocycles. The van der Waals surface area contributed by atoms with E-state index in [4.69, 9.17) is 9.47 Å². The van der Waals surface area contributed by atoms with Gasteiger partial charge < -0.3 is 9.47 Å². The lowest BCUT2D eigenvalue weighted by Crippen LogP contribution is -2.08. The third kappa shape index (κ3) is 4.33. The summed E-state index contributed by atoms with van der Waals surface area (Å²) in [5.41, 5.74) is 2.49. The van der Waals surface area contributed by atoms with E-state index in [0.717, 1.165) is 22.9 Å². The van der Waals surface area contributed by atoms with Gasteiger partial charge in [-0.3, -0.25) is 0 Å². The molecule has 0 aliphatic rings. The first kappa shape index (κ1) is 15.6. The van der Waals surface area contributed by atoms with E-state index in [1.165, 1.54) is 0 Å². The van der Waals surface area contributed by atoms with Crippen LogP contribution in [0.3, 0.4) is 0 Å². The lowest BCUT2D eigenvalue weighted by Gasteiger charge is -2.10. The van der Waals surface area contributed by atoms with Gasteiger partial charge in [-0.05, 0) is 29.7 Å². The minimum absolute atomic E-state index is 0.255. The van der Waals surface area contributed by atoms with Gasteiger partial charge in [-0.15, -0.1) is 0 Å². The average Bonchev–Trinajstić information content (AvgIpc) is 2.54. The molecule has 110 valence electrons. The summed E-state index contributed by atoms with van der Waals surface area (Å²) in [7, 11) is 1.55. The van der Waals surface area contributed by atoms with Gasteiger partial charge in [0.15, 0.2) is 0 Å². The lowest BCUT2D eigenvalue weighted by molar-refractivity contribution is 0.0469. The van der Waals surface area contributed by atoms with Crippen molar-refractivity contribution in [2.75, 3.05) is 12.4 Å². The van der Waals surface area contributed by atoms with Crippen LogP contribution >= 0.6 is 15.9 Å². The Morgan fingerprint density at radius 2 is 1.86 bits per heavy atom. The fourth-order valence-corrected chi connectivity index (χ4v) is 2.44. The Kier molecular flexibility index (Phi) is 5.81. The van der Waals surface area contributed by atoms with Gasteiger partial charge in [-0.1, -0.05) is 52.3 Å². The molecule has 0 N–H and O–H groups in total. The number of ether oxygens (including phenoxy) is 2. The van der Waals surface area contributed by atoms with Crippen LogP contribution in [0.25, 0.3) is 0 Å². The Bertz CT molecular complexity index is 596. The number of aryl methyl sites for hydroxylation is 1. The van der Waals surface area contributed by atoms with Gasteiger partial charge in [0.2, 0.25) is 0 Å². The SMILES string of the molecule is COc1ccc(CCBr)cc1C(=O)OCc1ccccc1. The molecule has 2 aromatic rings. The minimum atomic E-state index is -0.368. The van der Waals surface area contributed by atoms with E-state index in [0.29, 0.717) is 11.3 Å². The number of esters is 1. The first-order valence-corrected chi connectivity index (χ1v) is 7.80. The molecule has 0 heterocycles. The van der Waals surface area contributed by atoms with Crippen LogP contribution in [0.5, 0.6) is 5.75 Å². The number of carbonyl (C=O) groups is 1. The average molecular weight is 349 g/mol. The summed E-state index contributed by atoms with van der Waals surface area (Å²) in [5, 5.41) is 0.845. The molecule has 4 heteroatoms. The molecular weight excluding hydrogens is 332 g/mol. The Labute approximate surface area is 133 Å². The maximum Gasteiger partial charge on any atom is 0.342 e. The van der Waals surface area contributed by atoms with E-state index < -0.39 is 0 Å². The van der Waals surface area contributed by atoms with Crippen LogP contribution in [0, 0.1) is 0 Å². The lowest BCUT2D eigenvalue weighted by atomic mass is 10.1. The fraction of sp³-hybridized carbons (Fsp3) is 0.235. The Balaban J connectivity index is 2.11. The van der Waals surface area contributed by atoms with Gasteiger partial charge in [0.1, 0.15) is 17.9 Å². The highest BCUT2D eigenvalue weighted by molar-refractivity contribution is 9.09. The second kappa shape index (κ2) is 7.84. The minimum Gasteiger partial charge on any atom is -0.496 e. The van der Waals surface area contributed by atoms with Gasteiger partial charge in [0.25, 0.3) is 0 Å². The molecule has 0 spiro atoms. The number of hydrogen-bond donors (Lipinski definition) is 0. The van der Waals surface area contributed by atoms with Crippen molar-refractivity contribution in [3.8, 4) is 5.75 Å². The Morgan fingerprint density at radius 3 is 2.52 bits per heavy atom. The summed E-state index contributed by atoms with van der Waals surface area (Å²) < 4.78 is 10.6. The summed E-state index contributed by atoms with van der Waals surface area (Å²) >= 11 is 3.40. The van der Waals surface area contributed by atoms with Crippen LogP contribution < -0.4 is 4.74 Å². The number of rotatable bonds is 6. The molecule has 0 saturated heterocycles. The largest absolute Gasteiger partial charge is 0.496 e. The molecule has 0 aromatic heterocycles. The van der Waals surface area contributed by atoms with Gasteiger partial charge in [0.05, 0.1) is 7.11 Å². The van der Waals surface area contributed by atoms with E-state index >= 15 is 0 Å². The molecule has 0 fully saturated rings. The molecule has 3 nitrogen and oxygen atoms in total. The van der Waals surface area contributed by atoms with Crippen molar-refractivity contribution < 1.29 is 14.3 Å². The maximum atomic E-state index is 12.2. The van der Waals surface area contributed by atoms with Crippen LogP contribution in [-0.4, -0.2) is 18.4 Å². The van der Waals surface area contributed by atoms with Crippen LogP contribution in [0.15, 0.2) is 48.5 Å². The summed E-state index contributed by atoms with van der Waals surface area (Å²) in [4.78, 5) is 12.2. The molecule has 0 aliphatic carbocycles. The fourth-order valence-electron chi connectivity index (χ4n) is 1.98. The Hall–Kier alpha value is -1.81. The molecular formula is C17H17BrO3. The normalized spacial score (nSPS) is 10.2. The van der Waals surface area contributed by atoms with E-state index in [1.54, 1.807) is 13.2 Å². The maximum absolute atomic E-state index is 12.2. The highest BCUT2D eigenvalue weighted by atomic mass is 79.9. The van der Waals surface area contributed by atoms with Gasteiger partial charge >= 0.3 is 5.97 Å². The molecule has 21 heavy (non-hydrogen) atoms. The number of halogens is 1. The quantitative estimate of drug-likeness (QED) is 0.584. The Morgan fingerprint density at radius 1 is 1.10 bits per heavy atom. The van der Waals surface area contributed by atoms with Crippen molar-refractivity contribution in [3.05, 3.63) is 65.2 Å². The number of methoxy groups -OCH3 is 1. The summed E-state index contributed by atoms with van der Waals surface area (Å²) in [6.07, 6.45) is 0.850. The van der Waals surface area contributed by atoms with Crippen molar-refractivity contribution in [3.63, 3.8) is 0 Å². The predicted molar refractivity (Wildman–Crippen MR) is 86.1 cm³/mol. The monoisotopic (exact) mass is 348 g/mol. The zero-order chi connectivity index (χ0) is 15.1. The third-order valence-electron chi connectivity index (χ3n) is 3.08. The van der Waals surface area contributed by atoms with Crippen LogP contribution in [0.1, 0.15) is 21.5 Å². The first-order valence-electron chi connectivity index (χ1n) is 6.68. The number of carbonyl (C=O) groups excluding carboxylic acids is 1. The second-order valence-corrected chi connectivity index (χ2v) is 5.33. The van der Waals surface area contributed by atoms with Crippen molar-refractivity contribution >= 4 is 21.9 Å². The van der Waals surface area contributed by atoms with Crippen LogP contribution in [0.4, 0.5) is 0 Å². The zero-order valence-electron chi connectivity index (χ0n) is 11.8. The van der Waals surface area contributed by atoms with E-state index in [2.05, 4.69) is 15.9 Å². The second-order valence-electron chi connectivity index (χ2n) is 4.54. The molecule has 2 rings (SSSR count). The van der Waals surface area contributed by atoms with Crippen molar-refractivity contribution in [2.24, 2.45) is 0 Å². The van der Waals surface area contributed by atoms with Crippen LogP contribution in [0.2, 0.25) is 0 Å². The number of hydrogen-bond acceptors (Lipinski definition) is 3. The summed E-state index contributed by atoms with van der Waals surface area (Å²) in [6, 6.07) is 15.2. The first-order chi connectivity index (χ1) is 10.2. The number of benzene rings is 2. The predicted octanol–water partition coefficient (Wildman–Crippen LogP) is 3.99. The van der Waals surface area contributed by atoms with Gasteiger partial charge in [0, 0.05) is 5.33 Å². The van der Waals surface area contributed by atoms with E-state index in [-0.39, 0.29) is 12.6 Å². The van der Waals surface area contributed by atoms with E-state index in [1.807, 2.05) is 42.5 Å². The van der Waals surface area contributed by atoms with Crippen molar-refractivity contribution in [2.45, 2.75) is 13.0 Å². The molecule has 2 aromatic carbocycles. The molecule has 0 unspecified atom stereocenters. The standard InChI is InChI=1S/C17H17BrO3/c1-20-16-8-7-13(9-10-18)11-15(16)17(19)21-12-14-5-3-2-4-6-14/h2-8,11H,9-10,12H2,1H3. The van der Waals surface area contributed by atoms with Crippen molar-refractivity contribution in [1.29, 1.82) is 0 Å². The smallest absolute Gasteiger partial charge is 0.342 e. The highest BCUT2D eigenvalue weighted by Crippen LogP contribution is 2.22. The number of alkyl halides is 1. The summed E-state index contributed by atoms with van der Waals surface area (Å²) in [5.74, 6) is 0.165. The van der Waals surface area contributed by atoms with Gasteiger partial charge in [-0.2, -0.15) is 0 Å². The molecule has 0 saturated carbocycles. The van der Waals surface area contributed by atoms with Crippen LogP contribution in [-0.2, 0) is 17.8 Å².